The van der Waals surface area contributed by atoms with Gasteiger partial charge in [0.05, 0.1) is 0 Å². The average Bonchev–Trinajstić information content (AvgIpc) is 3.00. The fourth-order valence-corrected chi connectivity index (χ4v) is 5.07. The molecule has 0 atom stereocenters. The van der Waals surface area contributed by atoms with E-state index in [0.717, 1.165) is 32.5 Å². The van der Waals surface area contributed by atoms with Gasteiger partial charge in [-0.3, -0.25) is 19.4 Å². The number of nitrogens with one attached hydrogen (secondary N) is 1. The summed E-state index contributed by atoms with van der Waals surface area (Å²) in [6.45, 7) is 8.20. The van der Waals surface area contributed by atoms with E-state index in [1.54, 1.807) is 0 Å². The first kappa shape index (κ1) is 21.8. The van der Waals surface area contributed by atoms with Crippen LogP contribution in [-0.2, 0) is 16.1 Å². The Kier molecular flexibility index (Phi) is 6.32. The van der Waals surface area contributed by atoms with E-state index in [0.29, 0.717) is 32.5 Å². The van der Waals surface area contributed by atoms with E-state index in [9.17, 15) is 14.4 Å². The zero-order valence-electron chi connectivity index (χ0n) is 18.7. The molecule has 0 radical (unpaired) electrons. The van der Waals surface area contributed by atoms with E-state index in [1.807, 2.05) is 36.9 Å². The van der Waals surface area contributed by atoms with Crippen LogP contribution < -0.4 is 5.32 Å². The quantitative estimate of drug-likeness (QED) is 0.734. The van der Waals surface area contributed by atoms with E-state index >= 15 is 0 Å². The topological polar surface area (TPSA) is 73.0 Å². The van der Waals surface area contributed by atoms with Crippen molar-refractivity contribution in [2.45, 2.75) is 51.6 Å². The molecule has 0 bridgehead atoms. The Hall–Kier alpha value is -2.41. The Morgan fingerprint density at radius 1 is 1.06 bits per heavy atom. The second kappa shape index (κ2) is 8.99. The van der Waals surface area contributed by atoms with Crippen molar-refractivity contribution in [2.24, 2.45) is 11.8 Å². The zero-order chi connectivity index (χ0) is 22.0. The maximum atomic E-state index is 13.3. The minimum Gasteiger partial charge on any atom is -0.342 e. The smallest absolute Gasteiger partial charge is 0.325 e. The highest BCUT2D eigenvalue weighted by Gasteiger charge is 2.52. The molecule has 3 saturated heterocycles. The van der Waals surface area contributed by atoms with Gasteiger partial charge in [-0.1, -0.05) is 44.2 Å². The van der Waals surface area contributed by atoms with Gasteiger partial charge >= 0.3 is 6.03 Å². The molecule has 0 saturated carbocycles. The van der Waals surface area contributed by atoms with Crippen molar-refractivity contribution in [3.63, 3.8) is 0 Å². The third-order valence-electron chi connectivity index (χ3n) is 7.07. The SMILES string of the molecule is CC(C)C(=O)N1CCC(CN2C(=O)NC3(CCN(Cc4ccccc4)CC3)C2=O)CC1. The first-order valence-electron chi connectivity index (χ1n) is 11.6. The maximum absolute atomic E-state index is 13.3. The van der Waals surface area contributed by atoms with Crippen LogP contribution in [0.5, 0.6) is 0 Å². The van der Waals surface area contributed by atoms with Crippen molar-refractivity contribution in [1.29, 1.82) is 0 Å². The summed E-state index contributed by atoms with van der Waals surface area (Å²) in [7, 11) is 0. The van der Waals surface area contributed by atoms with Gasteiger partial charge in [0.1, 0.15) is 5.54 Å². The van der Waals surface area contributed by atoms with Crippen LogP contribution in [0.4, 0.5) is 4.79 Å². The number of hydrogen-bond acceptors (Lipinski definition) is 4. The lowest BCUT2D eigenvalue weighted by molar-refractivity contribution is -0.137. The highest BCUT2D eigenvalue weighted by atomic mass is 16.2. The van der Waals surface area contributed by atoms with Gasteiger partial charge < -0.3 is 10.2 Å². The lowest BCUT2D eigenvalue weighted by Crippen LogP contribution is -2.54. The van der Waals surface area contributed by atoms with Crippen LogP contribution in [0, 0.1) is 11.8 Å². The predicted molar refractivity (Wildman–Crippen MR) is 118 cm³/mol. The molecule has 4 amide bonds. The van der Waals surface area contributed by atoms with Gasteiger partial charge in [-0.25, -0.2) is 4.79 Å². The number of urea groups is 1. The van der Waals surface area contributed by atoms with E-state index in [2.05, 4.69) is 22.3 Å². The molecule has 1 spiro atoms. The lowest BCUT2D eigenvalue weighted by atomic mass is 9.87. The molecule has 7 nitrogen and oxygen atoms in total. The lowest BCUT2D eigenvalue weighted by Gasteiger charge is -2.37. The molecule has 0 aromatic heterocycles. The van der Waals surface area contributed by atoms with Crippen molar-refractivity contribution < 1.29 is 14.4 Å². The molecule has 0 unspecified atom stereocenters. The van der Waals surface area contributed by atoms with E-state index in [-0.39, 0.29) is 29.7 Å². The number of benzene rings is 1. The van der Waals surface area contributed by atoms with E-state index in [4.69, 9.17) is 0 Å². The second-order valence-corrected chi connectivity index (χ2v) is 9.61. The van der Waals surface area contributed by atoms with Gasteiger partial charge in [-0.2, -0.15) is 0 Å². The molecule has 3 aliphatic heterocycles. The van der Waals surface area contributed by atoms with Crippen LogP contribution in [0.1, 0.15) is 45.1 Å². The fraction of sp³-hybridized carbons (Fsp3) is 0.625. The molecular formula is C24H34N4O3. The van der Waals surface area contributed by atoms with Gasteiger partial charge in [0.25, 0.3) is 5.91 Å². The molecule has 168 valence electrons. The van der Waals surface area contributed by atoms with Gasteiger partial charge in [0.2, 0.25) is 5.91 Å². The Bertz CT molecular complexity index is 809. The van der Waals surface area contributed by atoms with Crippen LogP contribution in [0.2, 0.25) is 0 Å². The Morgan fingerprint density at radius 2 is 1.71 bits per heavy atom. The molecule has 31 heavy (non-hydrogen) atoms. The number of nitrogens with zero attached hydrogens (tertiary/aromatic N) is 3. The largest absolute Gasteiger partial charge is 0.342 e. The van der Waals surface area contributed by atoms with Crippen LogP contribution in [-0.4, -0.2) is 70.8 Å². The number of hydrogen-bond donors (Lipinski definition) is 1. The summed E-state index contributed by atoms with van der Waals surface area (Å²) in [5, 5.41) is 3.03. The first-order valence-corrected chi connectivity index (χ1v) is 11.6. The van der Waals surface area contributed by atoms with Crippen molar-refractivity contribution in [3.05, 3.63) is 35.9 Å². The normalized spacial score (nSPS) is 22.4. The minimum atomic E-state index is -0.738. The number of amides is 4. The summed E-state index contributed by atoms with van der Waals surface area (Å²) < 4.78 is 0. The van der Waals surface area contributed by atoms with Crippen LogP contribution in [0.3, 0.4) is 0 Å². The molecule has 4 rings (SSSR count). The summed E-state index contributed by atoms with van der Waals surface area (Å²) in [5.74, 6) is 0.404. The molecule has 1 N–H and O–H groups in total. The summed E-state index contributed by atoms with van der Waals surface area (Å²) in [6.07, 6.45) is 2.99. The van der Waals surface area contributed by atoms with Crippen LogP contribution in [0.15, 0.2) is 30.3 Å². The van der Waals surface area contributed by atoms with E-state index < -0.39 is 5.54 Å². The van der Waals surface area contributed by atoms with Crippen molar-refractivity contribution >= 4 is 17.8 Å². The number of carbonyl (C=O) groups is 3. The third-order valence-corrected chi connectivity index (χ3v) is 7.07. The molecule has 3 fully saturated rings. The van der Waals surface area contributed by atoms with Crippen molar-refractivity contribution in [1.82, 2.24) is 20.0 Å². The monoisotopic (exact) mass is 426 g/mol. The number of rotatable bonds is 5. The Morgan fingerprint density at radius 3 is 2.32 bits per heavy atom. The van der Waals surface area contributed by atoms with Gasteiger partial charge in [-0.05, 0) is 37.2 Å². The predicted octanol–water partition coefficient (Wildman–Crippen LogP) is 2.47. The molecule has 3 heterocycles. The molecule has 1 aromatic rings. The molecule has 3 aliphatic rings. The van der Waals surface area contributed by atoms with Gasteiger partial charge in [-0.15, -0.1) is 0 Å². The van der Waals surface area contributed by atoms with Crippen molar-refractivity contribution in [3.8, 4) is 0 Å². The number of likely N-dealkylation sites (tertiary alicyclic amines) is 2. The standard InChI is InChI=1S/C24H34N4O3/c1-18(2)21(29)27-12-8-20(9-13-27)17-28-22(30)24(25-23(28)31)10-14-26(15-11-24)16-19-6-4-3-5-7-19/h3-7,18,20H,8-17H2,1-2H3,(H,25,31). The molecule has 1 aromatic carbocycles. The summed E-state index contributed by atoms with van der Waals surface area (Å²) >= 11 is 0. The minimum absolute atomic E-state index is 0.00936. The van der Waals surface area contributed by atoms with Crippen LogP contribution in [0.25, 0.3) is 0 Å². The highest BCUT2D eigenvalue weighted by Crippen LogP contribution is 2.31. The first-order chi connectivity index (χ1) is 14.9. The number of piperidine rings is 2. The number of carbonyl (C=O) groups excluding carboxylic acids is 3. The summed E-state index contributed by atoms with van der Waals surface area (Å²) in [6, 6.07) is 10.1. The average molecular weight is 427 g/mol. The molecular weight excluding hydrogens is 392 g/mol. The molecule has 7 heteroatoms. The van der Waals surface area contributed by atoms with Gasteiger partial charge in [0, 0.05) is 45.2 Å². The maximum Gasteiger partial charge on any atom is 0.325 e. The fourth-order valence-electron chi connectivity index (χ4n) is 5.07. The zero-order valence-corrected chi connectivity index (χ0v) is 18.7. The Balaban J connectivity index is 1.30. The van der Waals surface area contributed by atoms with Crippen molar-refractivity contribution in [2.75, 3.05) is 32.7 Å². The summed E-state index contributed by atoms with van der Waals surface area (Å²) in [5.41, 5.74) is 0.530. The number of imide groups is 1. The Labute approximate surface area is 184 Å². The third kappa shape index (κ3) is 4.61. The van der Waals surface area contributed by atoms with Gasteiger partial charge in [0.15, 0.2) is 0 Å². The van der Waals surface area contributed by atoms with E-state index in [1.165, 1.54) is 10.5 Å². The summed E-state index contributed by atoms with van der Waals surface area (Å²) in [4.78, 5) is 43.8. The highest BCUT2D eigenvalue weighted by molar-refractivity contribution is 6.07. The second-order valence-electron chi connectivity index (χ2n) is 9.61. The van der Waals surface area contributed by atoms with Crippen LogP contribution >= 0.6 is 0 Å². The molecule has 0 aliphatic carbocycles.